The van der Waals surface area contributed by atoms with E-state index in [1.165, 1.54) is 19.4 Å². The van der Waals surface area contributed by atoms with E-state index in [2.05, 4.69) is 15.3 Å². The first kappa shape index (κ1) is 14.6. The fourth-order valence-corrected chi connectivity index (χ4v) is 1.88. The van der Waals surface area contributed by atoms with Crippen molar-refractivity contribution in [3.63, 3.8) is 0 Å². The number of hydrogen-bond acceptors (Lipinski definition) is 4. The van der Waals surface area contributed by atoms with Gasteiger partial charge in [0.15, 0.2) is 0 Å². The number of nitrogens with one attached hydrogen (secondary N) is 1. The maximum absolute atomic E-state index is 12.0. The van der Waals surface area contributed by atoms with Crippen molar-refractivity contribution in [2.24, 2.45) is 0 Å². The highest BCUT2D eigenvalue weighted by Crippen LogP contribution is 2.18. The number of methoxy groups -OCH3 is 1. The zero-order chi connectivity index (χ0) is 14.5. The van der Waals surface area contributed by atoms with Crippen LogP contribution in [0.25, 0.3) is 0 Å². The summed E-state index contributed by atoms with van der Waals surface area (Å²) in [6.45, 7) is 0.327. The quantitative estimate of drug-likeness (QED) is 0.882. The van der Waals surface area contributed by atoms with E-state index < -0.39 is 0 Å². The largest absolute Gasteiger partial charge is 0.481 e. The van der Waals surface area contributed by atoms with E-state index in [-0.39, 0.29) is 21.6 Å². The summed E-state index contributed by atoms with van der Waals surface area (Å²) in [7, 11) is 1.53. The molecule has 0 aliphatic heterocycles. The highest BCUT2D eigenvalue weighted by molar-refractivity contribution is 6.35. The minimum absolute atomic E-state index is 0.213. The molecule has 2 aromatic heterocycles. The normalized spacial score (nSPS) is 10.2. The number of pyridine rings is 2. The summed E-state index contributed by atoms with van der Waals surface area (Å²) >= 11 is 11.7. The molecule has 0 radical (unpaired) electrons. The first-order chi connectivity index (χ1) is 9.60. The van der Waals surface area contributed by atoms with Gasteiger partial charge >= 0.3 is 0 Å². The lowest BCUT2D eigenvalue weighted by Gasteiger charge is -2.07. The van der Waals surface area contributed by atoms with Crippen LogP contribution in [0.15, 0.2) is 30.6 Å². The van der Waals surface area contributed by atoms with Crippen molar-refractivity contribution in [1.82, 2.24) is 15.3 Å². The summed E-state index contributed by atoms with van der Waals surface area (Å²) in [6.07, 6.45) is 2.95. The van der Waals surface area contributed by atoms with Crippen molar-refractivity contribution < 1.29 is 9.53 Å². The van der Waals surface area contributed by atoms with Gasteiger partial charge < -0.3 is 10.1 Å². The van der Waals surface area contributed by atoms with Crippen LogP contribution in [-0.4, -0.2) is 23.0 Å². The number of amides is 1. The number of halogens is 2. The average Bonchev–Trinajstić information content (AvgIpc) is 2.47. The fraction of sp³-hybridized carbons (Fsp3) is 0.154. The predicted molar refractivity (Wildman–Crippen MR) is 76.2 cm³/mol. The summed E-state index contributed by atoms with van der Waals surface area (Å²) in [5, 5.41) is 3.20. The Labute approximate surface area is 125 Å². The Hall–Kier alpha value is -1.85. The Morgan fingerprint density at radius 3 is 2.90 bits per heavy atom. The molecule has 0 aliphatic rings. The second kappa shape index (κ2) is 6.54. The van der Waals surface area contributed by atoms with Gasteiger partial charge in [0.05, 0.1) is 17.7 Å². The summed E-state index contributed by atoms with van der Waals surface area (Å²) in [6, 6.07) is 4.94. The highest BCUT2D eigenvalue weighted by Gasteiger charge is 2.11. The molecule has 1 N–H and O–H groups in total. The molecule has 0 unspecified atom stereocenters. The molecule has 0 saturated carbocycles. The van der Waals surface area contributed by atoms with Crippen LogP contribution in [-0.2, 0) is 6.54 Å². The minimum Gasteiger partial charge on any atom is -0.481 e. The third kappa shape index (κ3) is 3.59. The number of nitrogens with zero attached hydrogens (tertiary/aromatic N) is 2. The third-order valence-electron chi connectivity index (χ3n) is 2.53. The van der Waals surface area contributed by atoms with Crippen LogP contribution in [0.3, 0.4) is 0 Å². The van der Waals surface area contributed by atoms with Crippen LogP contribution in [0.1, 0.15) is 15.9 Å². The molecule has 0 aromatic carbocycles. The van der Waals surface area contributed by atoms with E-state index in [4.69, 9.17) is 27.9 Å². The van der Waals surface area contributed by atoms with E-state index in [1.54, 1.807) is 18.3 Å². The summed E-state index contributed by atoms with van der Waals surface area (Å²) in [4.78, 5) is 19.8. The summed E-state index contributed by atoms with van der Waals surface area (Å²) in [5.41, 5.74) is 1.15. The second-order valence-electron chi connectivity index (χ2n) is 3.88. The molecule has 2 aromatic rings. The smallest absolute Gasteiger partial charge is 0.253 e. The van der Waals surface area contributed by atoms with Gasteiger partial charge in [-0.05, 0) is 17.7 Å². The first-order valence-corrected chi connectivity index (χ1v) is 6.44. The number of carbonyl (C=O) groups is 1. The van der Waals surface area contributed by atoms with Gasteiger partial charge in [-0.25, -0.2) is 9.97 Å². The molecule has 1 amide bonds. The summed E-state index contributed by atoms with van der Waals surface area (Å²) < 4.78 is 5.01. The predicted octanol–water partition coefficient (Wildman–Crippen LogP) is 2.72. The monoisotopic (exact) mass is 311 g/mol. The Morgan fingerprint density at radius 1 is 1.35 bits per heavy atom. The number of carbonyl (C=O) groups excluding carboxylic acids is 1. The van der Waals surface area contributed by atoms with Crippen LogP contribution in [0.2, 0.25) is 10.2 Å². The van der Waals surface area contributed by atoms with Crippen molar-refractivity contribution in [3.05, 3.63) is 51.9 Å². The molecule has 104 valence electrons. The molecule has 0 spiro atoms. The van der Waals surface area contributed by atoms with Crippen LogP contribution in [0.5, 0.6) is 5.88 Å². The van der Waals surface area contributed by atoms with Gasteiger partial charge in [0.25, 0.3) is 5.91 Å². The number of hydrogen-bond donors (Lipinski definition) is 1. The van der Waals surface area contributed by atoms with Crippen molar-refractivity contribution in [2.45, 2.75) is 6.54 Å². The van der Waals surface area contributed by atoms with Crippen molar-refractivity contribution in [3.8, 4) is 5.88 Å². The molecule has 7 heteroatoms. The second-order valence-corrected chi connectivity index (χ2v) is 4.67. The van der Waals surface area contributed by atoms with Crippen LogP contribution in [0, 0.1) is 0 Å². The van der Waals surface area contributed by atoms with Gasteiger partial charge in [-0.15, -0.1) is 0 Å². The van der Waals surface area contributed by atoms with Gasteiger partial charge in [0, 0.05) is 25.0 Å². The summed E-state index contributed by atoms with van der Waals surface area (Å²) in [5.74, 6) is 0.164. The van der Waals surface area contributed by atoms with Gasteiger partial charge in [-0.1, -0.05) is 23.2 Å². The Balaban J connectivity index is 2.06. The topological polar surface area (TPSA) is 64.1 Å². The molecule has 0 aliphatic carbocycles. The third-order valence-corrected chi connectivity index (χ3v) is 3.04. The van der Waals surface area contributed by atoms with E-state index in [1.807, 2.05) is 0 Å². The maximum Gasteiger partial charge on any atom is 0.253 e. The average molecular weight is 312 g/mol. The van der Waals surface area contributed by atoms with E-state index >= 15 is 0 Å². The highest BCUT2D eigenvalue weighted by atomic mass is 35.5. The van der Waals surface area contributed by atoms with E-state index in [0.717, 1.165) is 5.56 Å². The Morgan fingerprint density at radius 2 is 2.15 bits per heavy atom. The molecule has 0 saturated heterocycles. The Kier molecular flexibility index (Phi) is 4.76. The van der Waals surface area contributed by atoms with Gasteiger partial charge in [0.1, 0.15) is 5.15 Å². The standard InChI is InChI=1S/C13H11Cl2N3O2/c1-20-12-4-8(2-3-16-12)6-18-13(19)9-5-11(15)17-7-10(9)14/h2-5,7H,6H2,1H3,(H,18,19). The fourth-order valence-electron chi connectivity index (χ4n) is 1.54. The number of aromatic nitrogens is 2. The lowest BCUT2D eigenvalue weighted by Crippen LogP contribution is -2.23. The van der Waals surface area contributed by atoms with E-state index in [0.29, 0.717) is 12.4 Å². The van der Waals surface area contributed by atoms with Gasteiger partial charge in [-0.2, -0.15) is 0 Å². The van der Waals surface area contributed by atoms with Crippen LogP contribution in [0.4, 0.5) is 0 Å². The molecule has 0 bridgehead atoms. The SMILES string of the molecule is COc1cc(CNC(=O)c2cc(Cl)ncc2Cl)ccn1. The lowest BCUT2D eigenvalue weighted by molar-refractivity contribution is 0.0951. The minimum atomic E-state index is -0.324. The van der Waals surface area contributed by atoms with Crippen LogP contribution < -0.4 is 10.1 Å². The molecule has 0 fully saturated rings. The molecule has 5 nitrogen and oxygen atoms in total. The van der Waals surface area contributed by atoms with Gasteiger partial charge in [0.2, 0.25) is 5.88 Å². The number of rotatable bonds is 4. The van der Waals surface area contributed by atoms with Crippen molar-refractivity contribution >= 4 is 29.1 Å². The number of ether oxygens (including phenoxy) is 1. The molecular formula is C13H11Cl2N3O2. The van der Waals surface area contributed by atoms with Crippen molar-refractivity contribution in [2.75, 3.05) is 7.11 Å². The molecule has 2 heterocycles. The van der Waals surface area contributed by atoms with E-state index in [9.17, 15) is 4.79 Å². The maximum atomic E-state index is 12.0. The first-order valence-electron chi connectivity index (χ1n) is 5.68. The molecule has 20 heavy (non-hydrogen) atoms. The van der Waals surface area contributed by atoms with Crippen LogP contribution >= 0.6 is 23.2 Å². The molecular weight excluding hydrogens is 301 g/mol. The zero-order valence-corrected chi connectivity index (χ0v) is 12.1. The zero-order valence-electron chi connectivity index (χ0n) is 10.6. The lowest BCUT2D eigenvalue weighted by atomic mass is 10.2. The van der Waals surface area contributed by atoms with Gasteiger partial charge in [-0.3, -0.25) is 4.79 Å². The molecule has 0 atom stereocenters. The molecule has 2 rings (SSSR count). The van der Waals surface area contributed by atoms with Crippen molar-refractivity contribution in [1.29, 1.82) is 0 Å². The Bertz CT molecular complexity index is 635.